The zero-order valence-corrected chi connectivity index (χ0v) is 10.3. The van der Waals surface area contributed by atoms with Crippen LogP contribution < -0.4 is 5.01 Å². The molecule has 0 aromatic heterocycles. The van der Waals surface area contributed by atoms with E-state index < -0.39 is 0 Å². The minimum Gasteiger partial charge on any atom is -0.238 e. The molecule has 0 spiro atoms. The first-order chi connectivity index (χ1) is 8.86. The average molecular weight is 237 g/mol. The van der Waals surface area contributed by atoms with E-state index in [9.17, 15) is 0 Å². The third-order valence-electron chi connectivity index (χ3n) is 3.21. The van der Waals surface area contributed by atoms with Crippen LogP contribution >= 0.6 is 0 Å². The van der Waals surface area contributed by atoms with E-state index in [0.717, 1.165) is 5.69 Å². The Kier molecular flexibility index (Phi) is 2.81. The van der Waals surface area contributed by atoms with Gasteiger partial charge in [0, 0.05) is 0 Å². The lowest BCUT2D eigenvalue weighted by Crippen LogP contribution is -2.24. The number of para-hydroxylation sites is 1. The maximum atomic E-state index is 4.30. The van der Waals surface area contributed by atoms with Crippen LogP contribution in [0.2, 0.25) is 0 Å². The lowest BCUT2D eigenvalue weighted by Gasteiger charge is -2.24. The predicted octanol–water partition coefficient (Wildman–Crippen LogP) is 4.00. The van der Waals surface area contributed by atoms with Gasteiger partial charge in [0.25, 0.3) is 0 Å². The second-order valence-corrected chi connectivity index (χ2v) is 4.48. The molecule has 0 saturated heterocycles. The highest BCUT2D eigenvalue weighted by Gasteiger charge is 2.31. The molecule has 0 amide bonds. The first-order valence-electron chi connectivity index (χ1n) is 6.16. The first-order valence-corrected chi connectivity index (χ1v) is 6.16. The van der Waals surface area contributed by atoms with E-state index >= 15 is 0 Å². The Labute approximate surface area is 107 Å². The van der Waals surface area contributed by atoms with Gasteiger partial charge in [-0.05, 0) is 24.6 Å². The summed E-state index contributed by atoms with van der Waals surface area (Å²) in [5, 5.41) is 10.6. The molecule has 0 bridgehead atoms. The summed E-state index contributed by atoms with van der Waals surface area (Å²) >= 11 is 0. The number of rotatable bonds is 2. The monoisotopic (exact) mass is 237 g/mol. The van der Waals surface area contributed by atoms with E-state index in [0.29, 0.717) is 0 Å². The Morgan fingerprint density at radius 2 is 1.50 bits per heavy atom. The Bertz CT molecular complexity index is 536. The maximum absolute atomic E-state index is 4.30. The summed E-state index contributed by atoms with van der Waals surface area (Å²) < 4.78 is 0. The van der Waals surface area contributed by atoms with Gasteiger partial charge in [0.15, 0.2) is 0 Å². The summed E-state index contributed by atoms with van der Waals surface area (Å²) in [6.45, 7) is 2.10. The van der Waals surface area contributed by atoms with Gasteiger partial charge in [0.1, 0.15) is 6.04 Å². The van der Waals surface area contributed by atoms with E-state index in [1.54, 1.807) is 0 Å². The van der Waals surface area contributed by atoms with Gasteiger partial charge < -0.3 is 0 Å². The summed E-state index contributed by atoms with van der Waals surface area (Å²) in [5.41, 5.74) is 2.33. The van der Waals surface area contributed by atoms with Crippen LogP contribution in [-0.2, 0) is 0 Å². The van der Waals surface area contributed by atoms with E-state index in [1.165, 1.54) is 5.56 Å². The summed E-state index contributed by atoms with van der Waals surface area (Å²) in [7, 11) is 0. The van der Waals surface area contributed by atoms with Gasteiger partial charge in [-0.1, -0.05) is 53.8 Å². The lowest BCUT2D eigenvalue weighted by molar-refractivity contribution is 0.618. The van der Waals surface area contributed by atoms with Crippen LogP contribution in [0.15, 0.2) is 71.0 Å². The molecular formula is C15H15N3. The van der Waals surface area contributed by atoms with Gasteiger partial charge in [-0.15, -0.1) is 0 Å². The smallest absolute Gasteiger partial charge is 0.103 e. The van der Waals surface area contributed by atoms with Crippen LogP contribution in [0, 0.1) is 0 Å². The molecule has 0 fully saturated rings. The largest absolute Gasteiger partial charge is 0.238 e. The zero-order chi connectivity index (χ0) is 12.4. The number of nitrogens with zero attached hydrogens (tertiary/aromatic N) is 3. The lowest BCUT2D eigenvalue weighted by atomic mass is 10.0. The van der Waals surface area contributed by atoms with Crippen molar-refractivity contribution in [3.05, 3.63) is 66.2 Å². The van der Waals surface area contributed by atoms with Crippen LogP contribution in [0.4, 0.5) is 5.69 Å². The number of anilines is 1. The van der Waals surface area contributed by atoms with Crippen molar-refractivity contribution >= 4 is 5.69 Å². The molecule has 3 rings (SSSR count). The van der Waals surface area contributed by atoms with Gasteiger partial charge in [0.2, 0.25) is 0 Å². The van der Waals surface area contributed by atoms with Crippen molar-refractivity contribution in [2.45, 2.75) is 19.0 Å². The fourth-order valence-corrected chi connectivity index (χ4v) is 2.32. The van der Waals surface area contributed by atoms with E-state index in [1.807, 2.05) is 29.3 Å². The molecular weight excluding hydrogens is 222 g/mol. The molecule has 0 radical (unpaired) electrons. The van der Waals surface area contributed by atoms with Crippen LogP contribution in [0.25, 0.3) is 0 Å². The van der Waals surface area contributed by atoms with Crippen molar-refractivity contribution in [3.8, 4) is 0 Å². The molecule has 2 atom stereocenters. The highest BCUT2D eigenvalue weighted by molar-refractivity contribution is 5.49. The van der Waals surface area contributed by atoms with E-state index in [-0.39, 0.29) is 12.1 Å². The van der Waals surface area contributed by atoms with Gasteiger partial charge in [-0.3, -0.25) is 0 Å². The summed E-state index contributed by atoms with van der Waals surface area (Å²) in [4.78, 5) is 0. The normalized spacial score (nSPS) is 22.4. The summed E-state index contributed by atoms with van der Waals surface area (Å²) in [6.07, 6.45) is 0. The Morgan fingerprint density at radius 3 is 2.17 bits per heavy atom. The second-order valence-electron chi connectivity index (χ2n) is 4.48. The summed E-state index contributed by atoms with van der Waals surface area (Å²) in [6, 6.07) is 21.0. The standard InChI is InChI=1S/C15H15N3/c1-12-15(13-8-4-2-5-9-13)18(17-16-12)14-10-6-3-7-11-14/h2-12,15H,1H3/t12-,15-/m0/s1. The molecule has 0 saturated carbocycles. The Morgan fingerprint density at radius 1 is 0.889 bits per heavy atom. The number of benzene rings is 2. The fourth-order valence-electron chi connectivity index (χ4n) is 2.32. The molecule has 0 unspecified atom stereocenters. The number of hydrogen-bond acceptors (Lipinski definition) is 3. The minimum atomic E-state index is 0.174. The molecule has 1 aliphatic rings. The third-order valence-corrected chi connectivity index (χ3v) is 3.21. The quantitative estimate of drug-likeness (QED) is 0.775. The van der Waals surface area contributed by atoms with E-state index in [4.69, 9.17) is 0 Å². The van der Waals surface area contributed by atoms with Gasteiger partial charge >= 0.3 is 0 Å². The minimum absolute atomic E-state index is 0.174. The highest BCUT2D eigenvalue weighted by atomic mass is 15.6. The van der Waals surface area contributed by atoms with Crippen LogP contribution in [0.5, 0.6) is 0 Å². The molecule has 3 heteroatoms. The Balaban J connectivity index is 1.98. The molecule has 2 aromatic carbocycles. The van der Waals surface area contributed by atoms with Crippen molar-refractivity contribution in [2.24, 2.45) is 10.3 Å². The first kappa shape index (κ1) is 11.0. The second kappa shape index (κ2) is 4.61. The fraction of sp³-hybridized carbons (Fsp3) is 0.200. The Hall–Kier alpha value is -2.16. The van der Waals surface area contributed by atoms with Crippen LogP contribution in [0.3, 0.4) is 0 Å². The molecule has 0 aliphatic carbocycles. The molecule has 1 aliphatic heterocycles. The van der Waals surface area contributed by atoms with Crippen molar-refractivity contribution in [2.75, 3.05) is 5.01 Å². The molecule has 2 aromatic rings. The molecule has 0 N–H and O–H groups in total. The molecule has 3 nitrogen and oxygen atoms in total. The van der Waals surface area contributed by atoms with Crippen molar-refractivity contribution in [1.29, 1.82) is 0 Å². The molecule has 90 valence electrons. The maximum Gasteiger partial charge on any atom is 0.103 e. The molecule has 1 heterocycles. The predicted molar refractivity (Wildman–Crippen MR) is 72.4 cm³/mol. The van der Waals surface area contributed by atoms with Crippen LogP contribution in [0.1, 0.15) is 18.5 Å². The molecule has 18 heavy (non-hydrogen) atoms. The van der Waals surface area contributed by atoms with Crippen molar-refractivity contribution in [3.63, 3.8) is 0 Å². The van der Waals surface area contributed by atoms with E-state index in [2.05, 4.69) is 53.7 Å². The number of hydrogen-bond donors (Lipinski definition) is 0. The topological polar surface area (TPSA) is 28.0 Å². The van der Waals surface area contributed by atoms with Crippen molar-refractivity contribution in [1.82, 2.24) is 0 Å². The highest BCUT2D eigenvalue weighted by Crippen LogP contribution is 2.35. The van der Waals surface area contributed by atoms with Gasteiger partial charge in [0.05, 0.1) is 11.7 Å². The summed E-state index contributed by atoms with van der Waals surface area (Å²) in [5.74, 6) is 0. The zero-order valence-electron chi connectivity index (χ0n) is 10.3. The SMILES string of the molecule is C[C@@H]1N=NN(c2ccccc2)[C@@H]1c1ccccc1. The van der Waals surface area contributed by atoms with Gasteiger partial charge in [-0.2, -0.15) is 5.11 Å². The van der Waals surface area contributed by atoms with Gasteiger partial charge in [-0.25, -0.2) is 5.01 Å². The van der Waals surface area contributed by atoms with Crippen molar-refractivity contribution < 1.29 is 0 Å². The third kappa shape index (κ3) is 1.88. The average Bonchev–Trinajstić information content (AvgIpc) is 2.83. The van der Waals surface area contributed by atoms with Crippen LogP contribution in [-0.4, -0.2) is 6.04 Å².